The fraction of sp³-hybridized carbons (Fsp3) is 1.00. The molecule has 12 heavy (non-hydrogen) atoms. The molecule has 0 radical (unpaired) electrons. The van der Waals surface area contributed by atoms with Gasteiger partial charge in [0.2, 0.25) is 0 Å². The van der Waals surface area contributed by atoms with Crippen molar-refractivity contribution in [1.29, 1.82) is 0 Å². The Labute approximate surface area is 73.7 Å². The van der Waals surface area contributed by atoms with Crippen LogP contribution in [-0.4, -0.2) is 0 Å². The second kappa shape index (κ2) is 1.40. The third kappa shape index (κ3) is 0.324. The second-order valence-corrected chi connectivity index (χ2v) is 6.12. The van der Waals surface area contributed by atoms with Crippen LogP contribution < -0.4 is 0 Å². The summed E-state index contributed by atoms with van der Waals surface area (Å²) in [7, 11) is 0. The Hall–Kier alpha value is 0. The van der Waals surface area contributed by atoms with Crippen LogP contribution in [0.4, 0.5) is 0 Å². The quantitative estimate of drug-likeness (QED) is 0.478. The molecule has 0 aromatic carbocycles. The van der Waals surface area contributed by atoms with E-state index in [-0.39, 0.29) is 0 Å². The predicted octanol–water partition coefficient (Wildman–Crippen LogP) is 2.54. The van der Waals surface area contributed by atoms with Crippen LogP contribution in [0, 0.1) is 47.3 Å². The molecule has 5 saturated carbocycles. The van der Waals surface area contributed by atoms with Crippen LogP contribution in [0.1, 0.15) is 25.7 Å². The lowest BCUT2D eigenvalue weighted by molar-refractivity contribution is -0.360. The van der Waals surface area contributed by atoms with Gasteiger partial charge in [-0.05, 0) is 73.0 Å². The van der Waals surface area contributed by atoms with Gasteiger partial charge in [0.05, 0.1) is 0 Å². The van der Waals surface area contributed by atoms with E-state index in [0.29, 0.717) is 0 Å². The molecule has 64 valence electrons. The molecular weight excluding hydrogens is 144 g/mol. The van der Waals surface area contributed by atoms with E-state index in [0.717, 1.165) is 0 Å². The summed E-state index contributed by atoms with van der Waals surface area (Å²) in [4.78, 5) is 0. The molecule has 0 nitrogen and oxygen atoms in total. The lowest BCUT2D eigenvalue weighted by atomic mass is 9.21. The largest absolute Gasteiger partial charge is 0.0496 e. The topological polar surface area (TPSA) is 0 Å². The molecule has 0 spiro atoms. The van der Waals surface area contributed by atoms with Crippen molar-refractivity contribution in [2.75, 3.05) is 0 Å². The maximum atomic E-state index is 1.62. The van der Waals surface area contributed by atoms with Crippen LogP contribution in [0.15, 0.2) is 0 Å². The summed E-state index contributed by atoms with van der Waals surface area (Å²) in [6, 6.07) is 0. The van der Waals surface area contributed by atoms with Gasteiger partial charge in [-0.15, -0.1) is 0 Å². The average molecular weight is 160 g/mol. The van der Waals surface area contributed by atoms with E-state index < -0.39 is 0 Å². The molecule has 0 heteroatoms. The molecular formula is C12H16. The number of hydrogen-bond donors (Lipinski definition) is 0. The Morgan fingerprint density at radius 3 is 0.833 bits per heavy atom. The first kappa shape index (κ1) is 5.67. The van der Waals surface area contributed by atoms with Gasteiger partial charge < -0.3 is 0 Å². The maximum absolute atomic E-state index is 1.62. The summed E-state index contributed by atoms with van der Waals surface area (Å²) in [6.07, 6.45) is 6.47. The Kier molecular flexibility index (Phi) is 0.663. The lowest BCUT2D eigenvalue weighted by Crippen LogP contribution is -2.79. The van der Waals surface area contributed by atoms with Crippen molar-refractivity contribution in [1.82, 2.24) is 0 Å². The van der Waals surface area contributed by atoms with Crippen molar-refractivity contribution < 1.29 is 0 Å². The Morgan fingerprint density at radius 1 is 0.417 bits per heavy atom. The zero-order valence-corrected chi connectivity index (χ0v) is 7.45. The van der Waals surface area contributed by atoms with Gasteiger partial charge >= 0.3 is 0 Å². The maximum Gasteiger partial charge on any atom is -0.0315 e. The molecule has 5 fully saturated rings. The van der Waals surface area contributed by atoms with Gasteiger partial charge in [-0.2, -0.15) is 0 Å². The molecule has 0 aromatic rings. The summed E-state index contributed by atoms with van der Waals surface area (Å²) in [5, 5.41) is 0. The standard InChI is InChI=1S/C12H16/c1-2-6-5(1)9-10(6)12-8-4-3-7(8)11(9)12/h5-12H,1-4H2/t5-,6+,7+,8-,9?,10?,11?,12?. The van der Waals surface area contributed by atoms with Crippen LogP contribution in [0.2, 0.25) is 0 Å². The highest BCUT2D eigenvalue weighted by atomic mass is 14.8. The van der Waals surface area contributed by atoms with E-state index in [1.54, 1.807) is 25.7 Å². The van der Waals surface area contributed by atoms with Crippen molar-refractivity contribution in [2.45, 2.75) is 25.7 Å². The van der Waals surface area contributed by atoms with Gasteiger partial charge in [-0.3, -0.25) is 0 Å². The zero-order chi connectivity index (χ0) is 7.45. The fourth-order valence-electron chi connectivity index (χ4n) is 5.89. The summed E-state index contributed by atoms with van der Waals surface area (Å²) in [5.74, 6) is 10.2. The zero-order valence-electron chi connectivity index (χ0n) is 7.45. The summed E-state index contributed by atoms with van der Waals surface area (Å²) < 4.78 is 0. The monoisotopic (exact) mass is 160 g/mol. The van der Waals surface area contributed by atoms with E-state index in [1.807, 2.05) is 0 Å². The summed E-state index contributed by atoms with van der Waals surface area (Å²) in [5.41, 5.74) is 0. The molecule has 0 amide bonds. The number of fused-ring (bicyclic) bond motifs is 10. The van der Waals surface area contributed by atoms with Crippen LogP contribution >= 0.6 is 0 Å². The smallest absolute Gasteiger partial charge is 0.0315 e. The van der Waals surface area contributed by atoms with E-state index in [4.69, 9.17) is 0 Å². The second-order valence-electron chi connectivity index (χ2n) is 6.12. The molecule has 0 heterocycles. The first-order valence-corrected chi connectivity index (χ1v) is 5.97. The average Bonchev–Trinajstić information content (AvgIpc) is 1.99. The van der Waals surface area contributed by atoms with Crippen molar-refractivity contribution >= 4 is 0 Å². The fourth-order valence-corrected chi connectivity index (χ4v) is 5.89. The van der Waals surface area contributed by atoms with Gasteiger partial charge in [-0.1, -0.05) is 0 Å². The van der Waals surface area contributed by atoms with Gasteiger partial charge in [0.25, 0.3) is 0 Å². The van der Waals surface area contributed by atoms with Gasteiger partial charge in [0.1, 0.15) is 0 Å². The predicted molar refractivity (Wildman–Crippen MR) is 46.4 cm³/mol. The minimum Gasteiger partial charge on any atom is -0.0496 e. The SMILES string of the molecule is C1C[C@H]2C3C(C4C3[C@H]3CC[C@@H]43)[C@@H]12. The number of hydrogen-bond acceptors (Lipinski definition) is 0. The van der Waals surface area contributed by atoms with Crippen LogP contribution in [-0.2, 0) is 0 Å². The van der Waals surface area contributed by atoms with E-state index in [9.17, 15) is 0 Å². The lowest BCUT2D eigenvalue weighted by Gasteiger charge is -2.83. The molecule has 0 unspecified atom stereocenters. The van der Waals surface area contributed by atoms with Crippen LogP contribution in [0.25, 0.3) is 0 Å². The van der Waals surface area contributed by atoms with E-state index in [1.165, 1.54) is 47.3 Å². The Balaban J connectivity index is 1.53. The van der Waals surface area contributed by atoms with Crippen LogP contribution in [0.3, 0.4) is 0 Å². The molecule has 5 aliphatic rings. The minimum atomic E-state index is 1.26. The third-order valence-corrected chi connectivity index (χ3v) is 6.52. The first-order chi connectivity index (χ1) is 5.97. The molecule has 0 aromatic heterocycles. The molecule has 0 saturated heterocycles. The highest BCUT2D eigenvalue weighted by molar-refractivity contribution is 5.25. The third-order valence-electron chi connectivity index (χ3n) is 6.52. The van der Waals surface area contributed by atoms with Gasteiger partial charge in [0, 0.05) is 0 Å². The summed E-state index contributed by atoms with van der Waals surface area (Å²) >= 11 is 0. The molecule has 0 aliphatic heterocycles. The number of rotatable bonds is 0. The molecule has 0 bridgehead atoms. The Morgan fingerprint density at radius 2 is 0.667 bits per heavy atom. The van der Waals surface area contributed by atoms with Crippen molar-refractivity contribution in [3.05, 3.63) is 0 Å². The first-order valence-electron chi connectivity index (χ1n) is 5.97. The van der Waals surface area contributed by atoms with Crippen molar-refractivity contribution in [3.63, 3.8) is 0 Å². The highest BCUT2D eigenvalue weighted by Gasteiger charge is 2.77. The molecule has 0 N–H and O–H groups in total. The van der Waals surface area contributed by atoms with E-state index in [2.05, 4.69) is 0 Å². The van der Waals surface area contributed by atoms with Crippen molar-refractivity contribution in [2.24, 2.45) is 47.3 Å². The van der Waals surface area contributed by atoms with Crippen molar-refractivity contribution in [3.8, 4) is 0 Å². The minimum absolute atomic E-state index is 1.26. The summed E-state index contributed by atoms with van der Waals surface area (Å²) in [6.45, 7) is 0. The molecule has 5 rings (SSSR count). The normalized spacial score (nSPS) is 80.0. The molecule has 4 atom stereocenters. The highest BCUT2D eigenvalue weighted by Crippen LogP contribution is 2.83. The van der Waals surface area contributed by atoms with Crippen LogP contribution in [0.5, 0.6) is 0 Å². The van der Waals surface area contributed by atoms with Gasteiger partial charge in [-0.25, -0.2) is 0 Å². The van der Waals surface area contributed by atoms with Gasteiger partial charge in [0.15, 0.2) is 0 Å². The molecule has 5 aliphatic carbocycles. The Bertz CT molecular complexity index is 205. The van der Waals surface area contributed by atoms with E-state index >= 15 is 0 Å².